The van der Waals surface area contributed by atoms with Gasteiger partial charge in [0.25, 0.3) is 0 Å². The Labute approximate surface area is 154 Å². The molecule has 1 saturated heterocycles. The number of fused-ring (bicyclic) bond motifs is 1. The molecular formula is C18H27ClN4O2. The number of rotatable bonds is 4. The number of aryl methyl sites for hydroxylation is 1. The van der Waals surface area contributed by atoms with Gasteiger partial charge in [0.1, 0.15) is 6.54 Å². The van der Waals surface area contributed by atoms with Crippen LogP contribution in [0.3, 0.4) is 0 Å². The zero-order chi connectivity index (χ0) is 17.3. The van der Waals surface area contributed by atoms with Gasteiger partial charge in [-0.3, -0.25) is 13.9 Å². The topological polar surface area (TPSA) is 73.3 Å². The van der Waals surface area contributed by atoms with Crippen molar-refractivity contribution >= 4 is 29.3 Å². The van der Waals surface area contributed by atoms with Gasteiger partial charge in [0.2, 0.25) is 5.91 Å². The first kappa shape index (κ1) is 19.5. The number of para-hydroxylation sites is 2. The Morgan fingerprint density at radius 1 is 1.28 bits per heavy atom. The molecule has 1 fully saturated rings. The molecule has 7 heteroatoms. The average Bonchev–Trinajstić information content (AvgIpc) is 2.86. The van der Waals surface area contributed by atoms with E-state index < -0.39 is 0 Å². The number of hydrogen-bond donors (Lipinski definition) is 1. The van der Waals surface area contributed by atoms with Crippen LogP contribution in [-0.2, 0) is 17.9 Å². The molecule has 0 aliphatic carbocycles. The van der Waals surface area contributed by atoms with Crippen molar-refractivity contribution in [3.05, 3.63) is 34.7 Å². The second kappa shape index (κ2) is 8.06. The van der Waals surface area contributed by atoms with Gasteiger partial charge in [-0.2, -0.15) is 0 Å². The molecule has 2 unspecified atom stereocenters. The molecular weight excluding hydrogens is 340 g/mol. The van der Waals surface area contributed by atoms with Crippen molar-refractivity contribution in [1.29, 1.82) is 0 Å². The van der Waals surface area contributed by atoms with Crippen LogP contribution < -0.4 is 11.4 Å². The van der Waals surface area contributed by atoms with E-state index in [9.17, 15) is 9.59 Å². The molecule has 2 N–H and O–H groups in total. The zero-order valence-corrected chi connectivity index (χ0v) is 15.7. The maximum atomic E-state index is 12.7. The van der Waals surface area contributed by atoms with Crippen molar-refractivity contribution in [3.8, 4) is 0 Å². The Morgan fingerprint density at radius 3 is 2.52 bits per heavy atom. The number of carbonyl (C=O) groups is 1. The van der Waals surface area contributed by atoms with Crippen molar-refractivity contribution in [1.82, 2.24) is 14.0 Å². The van der Waals surface area contributed by atoms with E-state index in [1.54, 1.807) is 9.13 Å². The summed E-state index contributed by atoms with van der Waals surface area (Å²) in [5, 5.41) is 0. The summed E-state index contributed by atoms with van der Waals surface area (Å²) in [7, 11) is 0. The molecule has 2 heterocycles. The lowest BCUT2D eigenvalue weighted by atomic mass is 9.92. The second-order valence-corrected chi connectivity index (χ2v) is 6.70. The molecule has 0 saturated carbocycles. The first-order chi connectivity index (χ1) is 11.5. The summed E-state index contributed by atoms with van der Waals surface area (Å²) in [5.41, 5.74) is 7.59. The van der Waals surface area contributed by atoms with E-state index in [-0.39, 0.29) is 36.6 Å². The van der Waals surface area contributed by atoms with E-state index in [2.05, 4.69) is 0 Å². The van der Waals surface area contributed by atoms with Crippen LogP contribution in [0.4, 0.5) is 0 Å². The number of benzene rings is 1. The Kier molecular flexibility index (Phi) is 6.30. The first-order valence-electron chi connectivity index (χ1n) is 8.74. The van der Waals surface area contributed by atoms with E-state index in [4.69, 9.17) is 5.73 Å². The van der Waals surface area contributed by atoms with E-state index in [1.165, 1.54) is 0 Å². The summed E-state index contributed by atoms with van der Waals surface area (Å²) in [6.45, 7) is 6.08. The fraction of sp³-hybridized carbons (Fsp3) is 0.556. The van der Waals surface area contributed by atoms with E-state index in [0.29, 0.717) is 19.0 Å². The van der Waals surface area contributed by atoms with Crippen molar-refractivity contribution < 1.29 is 4.79 Å². The summed E-state index contributed by atoms with van der Waals surface area (Å²) in [4.78, 5) is 27.3. The molecule has 0 spiro atoms. The number of hydrogen-bond acceptors (Lipinski definition) is 3. The molecule has 3 rings (SSSR count). The van der Waals surface area contributed by atoms with Gasteiger partial charge in [-0.1, -0.05) is 12.1 Å². The molecule has 1 aromatic carbocycles. The third-order valence-electron chi connectivity index (χ3n) is 5.09. The minimum Gasteiger partial charge on any atom is -0.341 e. The first-order valence-corrected chi connectivity index (χ1v) is 8.74. The highest BCUT2D eigenvalue weighted by molar-refractivity contribution is 5.85. The fourth-order valence-corrected chi connectivity index (χ4v) is 3.63. The van der Waals surface area contributed by atoms with Crippen LogP contribution in [0.1, 0.15) is 26.7 Å². The van der Waals surface area contributed by atoms with Gasteiger partial charge in [0, 0.05) is 25.7 Å². The van der Waals surface area contributed by atoms with Gasteiger partial charge in [-0.05, 0) is 44.7 Å². The largest absolute Gasteiger partial charge is 0.341 e. The summed E-state index contributed by atoms with van der Waals surface area (Å²) in [6, 6.07) is 7.73. The molecule has 1 aliphatic heterocycles. The number of amides is 1. The maximum absolute atomic E-state index is 12.7. The van der Waals surface area contributed by atoms with Gasteiger partial charge < -0.3 is 10.6 Å². The lowest BCUT2D eigenvalue weighted by molar-refractivity contribution is -0.133. The molecule has 6 nitrogen and oxygen atoms in total. The number of imidazole rings is 1. The lowest BCUT2D eigenvalue weighted by Crippen LogP contribution is -2.46. The molecule has 0 radical (unpaired) electrons. The number of halogens is 1. The SMILES string of the molecule is CCn1c(=O)n(CC(=O)N2CCCC(C(C)N)C2)c2ccccc21.Cl. The minimum absolute atomic E-state index is 0. The fourth-order valence-electron chi connectivity index (χ4n) is 3.63. The Hall–Kier alpha value is -1.79. The molecule has 138 valence electrons. The minimum atomic E-state index is -0.118. The van der Waals surface area contributed by atoms with Gasteiger partial charge in [0.05, 0.1) is 11.0 Å². The number of piperidine rings is 1. The third kappa shape index (κ3) is 3.75. The maximum Gasteiger partial charge on any atom is 0.329 e. The number of likely N-dealkylation sites (tertiary alicyclic amines) is 1. The normalized spacial score (nSPS) is 18.8. The molecule has 1 aromatic heterocycles. The summed E-state index contributed by atoms with van der Waals surface area (Å²) in [5.74, 6) is 0.345. The zero-order valence-electron chi connectivity index (χ0n) is 14.9. The monoisotopic (exact) mass is 366 g/mol. The van der Waals surface area contributed by atoms with E-state index in [0.717, 1.165) is 30.4 Å². The van der Waals surface area contributed by atoms with Crippen LogP contribution in [0.2, 0.25) is 0 Å². The van der Waals surface area contributed by atoms with Crippen molar-refractivity contribution in [2.75, 3.05) is 13.1 Å². The highest BCUT2D eigenvalue weighted by atomic mass is 35.5. The van der Waals surface area contributed by atoms with Crippen LogP contribution in [-0.4, -0.2) is 39.1 Å². The number of nitrogens with zero attached hydrogens (tertiary/aromatic N) is 3. The van der Waals surface area contributed by atoms with E-state index in [1.807, 2.05) is 43.0 Å². The van der Waals surface area contributed by atoms with Crippen molar-refractivity contribution in [2.24, 2.45) is 11.7 Å². The van der Waals surface area contributed by atoms with Crippen LogP contribution in [0.25, 0.3) is 11.0 Å². The predicted molar refractivity (Wildman–Crippen MR) is 102 cm³/mol. The number of carbonyl (C=O) groups excluding carboxylic acids is 1. The second-order valence-electron chi connectivity index (χ2n) is 6.70. The number of aromatic nitrogens is 2. The van der Waals surface area contributed by atoms with E-state index >= 15 is 0 Å². The highest BCUT2D eigenvalue weighted by Gasteiger charge is 2.26. The van der Waals surface area contributed by atoms with Crippen LogP contribution in [0.15, 0.2) is 29.1 Å². The highest BCUT2D eigenvalue weighted by Crippen LogP contribution is 2.19. The molecule has 2 atom stereocenters. The number of nitrogens with two attached hydrogens (primary N) is 1. The molecule has 1 aliphatic rings. The molecule has 0 bridgehead atoms. The van der Waals surface area contributed by atoms with Crippen LogP contribution in [0.5, 0.6) is 0 Å². The summed E-state index contributed by atoms with van der Waals surface area (Å²) >= 11 is 0. The van der Waals surface area contributed by atoms with Gasteiger partial charge in [-0.25, -0.2) is 4.79 Å². The van der Waals surface area contributed by atoms with Crippen LogP contribution >= 0.6 is 12.4 Å². The summed E-state index contributed by atoms with van der Waals surface area (Å²) in [6.07, 6.45) is 2.04. The Bertz CT molecular complexity index is 796. The smallest absolute Gasteiger partial charge is 0.329 e. The van der Waals surface area contributed by atoms with Gasteiger partial charge in [-0.15, -0.1) is 12.4 Å². The quantitative estimate of drug-likeness (QED) is 0.897. The Balaban J connectivity index is 0.00000225. The van der Waals surface area contributed by atoms with Crippen LogP contribution in [0, 0.1) is 5.92 Å². The average molecular weight is 367 g/mol. The predicted octanol–water partition coefficient (Wildman–Crippen LogP) is 1.83. The van der Waals surface area contributed by atoms with Gasteiger partial charge >= 0.3 is 5.69 Å². The standard InChI is InChI=1S/C18H26N4O2.ClH/c1-3-21-15-8-4-5-9-16(15)22(18(21)24)12-17(23)20-10-6-7-14(11-20)13(2)19;/h4-5,8-9,13-14H,3,6-7,10-12,19H2,1-2H3;1H. The third-order valence-corrected chi connectivity index (χ3v) is 5.09. The molecule has 1 amide bonds. The van der Waals surface area contributed by atoms with Crippen molar-refractivity contribution in [2.45, 2.75) is 45.8 Å². The summed E-state index contributed by atoms with van der Waals surface area (Å²) < 4.78 is 3.31. The lowest BCUT2D eigenvalue weighted by Gasteiger charge is -2.34. The molecule has 2 aromatic rings. The molecule has 25 heavy (non-hydrogen) atoms. The van der Waals surface area contributed by atoms with Crippen molar-refractivity contribution in [3.63, 3.8) is 0 Å². The van der Waals surface area contributed by atoms with Gasteiger partial charge in [0.15, 0.2) is 0 Å². The Morgan fingerprint density at radius 2 is 1.92 bits per heavy atom.